The first kappa shape index (κ1) is 18.9. The molecule has 140 valence electrons. The zero-order valence-corrected chi connectivity index (χ0v) is 14.9. The van der Waals surface area contributed by atoms with Crippen molar-refractivity contribution >= 4 is 5.97 Å². The average Bonchev–Trinajstić information content (AvgIpc) is 2.72. The maximum atomic E-state index is 14.3. The van der Waals surface area contributed by atoms with Crippen LogP contribution in [0.5, 0.6) is 5.75 Å². The summed E-state index contributed by atoms with van der Waals surface area (Å²) in [7, 11) is 2.51. The molecule has 0 saturated heterocycles. The van der Waals surface area contributed by atoms with Crippen LogP contribution < -0.4 is 4.74 Å². The Bertz CT molecular complexity index is 1110. The van der Waals surface area contributed by atoms with Gasteiger partial charge in [-0.3, -0.25) is 0 Å². The molecule has 0 bridgehead atoms. The molecule has 0 unspecified atom stereocenters. The van der Waals surface area contributed by atoms with Gasteiger partial charge in [-0.1, -0.05) is 12.1 Å². The van der Waals surface area contributed by atoms with Crippen molar-refractivity contribution in [3.8, 4) is 34.2 Å². The molecule has 0 aliphatic rings. The molecule has 2 aromatic carbocycles. The quantitative estimate of drug-likeness (QED) is 0.640. The van der Waals surface area contributed by atoms with Gasteiger partial charge in [0.2, 0.25) is 0 Å². The molecule has 0 saturated carbocycles. The number of benzene rings is 2. The van der Waals surface area contributed by atoms with Crippen LogP contribution in [0.2, 0.25) is 0 Å². The predicted octanol–water partition coefficient (Wildman–Crippen LogP) is 3.76. The van der Waals surface area contributed by atoms with Crippen molar-refractivity contribution in [3.63, 3.8) is 0 Å². The third-order valence-electron chi connectivity index (χ3n) is 4.03. The molecule has 1 heterocycles. The Kier molecular flexibility index (Phi) is 5.27. The van der Waals surface area contributed by atoms with Crippen molar-refractivity contribution in [2.45, 2.75) is 0 Å². The summed E-state index contributed by atoms with van der Waals surface area (Å²) in [6.07, 6.45) is 1.13. The summed E-state index contributed by atoms with van der Waals surface area (Å²) in [6.45, 7) is 0. The number of hydrogen-bond donors (Lipinski definition) is 0. The highest BCUT2D eigenvalue weighted by molar-refractivity contribution is 5.99. The van der Waals surface area contributed by atoms with E-state index in [9.17, 15) is 13.6 Å². The molecule has 3 rings (SSSR count). The lowest BCUT2D eigenvalue weighted by Crippen LogP contribution is -2.09. The summed E-state index contributed by atoms with van der Waals surface area (Å²) in [5, 5.41) is 8.91. The minimum atomic E-state index is -0.760. The first-order chi connectivity index (χ1) is 13.5. The number of nitriles is 1. The molecule has 6 nitrogen and oxygen atoms in total. The van der Waals surface area contributed by atoms with E-state index >= 15 is 0 Å². The maximum absolute atomic E-state index is 14.3. The minimum Gasteiger partial charge on any atom is -0.494 e. The van der Waals surface area contributed by atoms with Gasteiger partial charge in [-0.05, 0) is 29.8 Å². The molecular formula is C20H13F2N3O3. The molecule has 8 heteroatoms. The summed E-state index contributed by atoms with van der Waals surface area (Å²) in [5.74, 6) is -2.14. The Morgan fingerprint density at radius 1 is 1.04 bits per heavy atom. The highest BCUT2D eigenvalue weighted by Crippen LogP contribution is 2.35. The van der Waals surface area contributed by atoms with E-state index < -0.39 is 17.6 Å². The van der Waals surface area contributed by atoms with E-state index in [-0.39, 0.29) is 39.4 Å². The third kappa shape index (κ3) is 3.38. The van der Waals surface area contributed by atoms with Crippen LogP contribution >= 0.6 is 0 Å². The van der Waals surface area contributed by atoms with Crippen LogP contribution in [0.1, 0.15) is 16.1 Å². The van der Waals surface area contributed by atoms with E-state index in [1.807, 2.05) is 0 Å². The van der Waals surface area contributed by atoms with Crippen LogP contribution in [0.15, 0.2) is 42.7 Å². The van der Waals surface area contributed by atoms with E-state index in [4.69, 9.17) is 14.7 Å². The number of carbonyl (C=O) groups excluding carboxylic acids is 1. The molecular weight excluding hydrogens is 368 g/mol. The van der Waals surface area contributed by atoms with Gasteiger partial charge in [0.15, 0.2) is 17.3 Å². The highest BCUT2D eigenvalue weighted by Gasteiger charge is 2.22. The second-order valence-electron chi connectivity index (χ2n) is 5.59. The van der Waals surface area contributed by atoms with Crippen LogP contribution in [-0.2, 0) is 4.74 Å². The lowest BCUT2D eigenvalue weighted by Gasteiger charge is -2.13. The summed E-state index contributed by atoms with van der Waals surface area (Å²) in [5.41, 5.74) is 0.669. The monoisotopic (exact) mass is 381 g/mol. The molecule has 0 N–H and O–H groups in total. The van der Waals surface area contributed by atoms with Crippen molar-refractivity contribution in [1.82, 2.24) is 9.97 Å². The molecule has 0 fully saturated rings. The number of esters is 1. The second kappa shape index (κ2) is 7.80. The molecule has 0 radical (unpaired) electrons. The van der Waals surface area contributed by atoms with Crippen LogP contribution in [-0.4, -0.2) is 30.2 Å². The van der Waals surface area contributed by atoms with Gasteiger partial charge in [-0.15, -0.1) is 0 Å². The smallest absolute Gasteiger partial charge is 0.357 e. The molecule has 0 amide bonds. The molecule has 0 aliphatic heterocycles. The zero-order chi connectivity index (χ0) is 20.3. The molecule has 0 spiro atoms. The number of nitrogens with zero attached hydrogens (tertiary/aromatic N) is 3. The van der Waals surface area contributed by atoms with Crippen LogP contribution in [0.25, 0.3) is 22.4 Å². The van der Waals surface area contributed by atoms with Gasteiger partial charge in [0.25, 0.3) is 0 Å². The lowest BCUT2D eigenvalue weighted by atomic mass is 9.96. The van der Waals surface area contributed by atoms with E-state index in [1.54, 1.807) is 6.07 Å². The van der Waals surface area contributed by atoms with Crippen molar-refractivity contribution in [2.24, 2.45) is 0 Å². The summed E-state index contributed by atoms with van der Waals surface area (Å²) in [4.78, 5) is 20.3. The normalized spacial score (nSPS) is 10.2. The van der Waals surface area contributed by atoms with Crippen molar-refractivity contribution in [2.75, 3.05) is 14.2 Å². The zero-order valence-electron chi connectivity index (χ0n) is 14.9. The van der Waals surface area contributed by atoms with Gasteiger partial charge in [0, 0.05) is 11.1 Å². The minimum absolute atomic E-state index is 0.0196. The number of carbonyl (C=O) groups is 1. The van der Waals surface area contributed by atoms with Crippen molar-refractivity contribution in [1.29, 1.82) is 5.26 Å². The Labute approximate surface area is 159 Å². The van der Waals surface area contributed by atoms with Crippen molar-refractivity contribution < 1.29 is 23.0 Å². The SMILES string of the molecule is COC(=O)c1ncnc(-c2ccc(C#N)c(F)c2)c1-c1ccc(OC)c(F)c1. The molecule has 3 aromatic rings. The van der Waals surface area contributed by atoms with E-state index in [2.05, 4.69) is 9.97 Å². The van der Waals surface area contributed by atoms with Gasteiger partial charge >= 0.3 is 5.97 Å². The Balaban J connectivity index is 2.30. The van der Waals surface area contributed by atoms with Gasteiger partial charge in [0.05, 0.1) is 25.5 Å². The number of hydrogen-bond acceptors (Lipinski definition) is 6. The summed E-state index contributed by atoms with van der Waals surface area (Å²) < 4.78 is 38.1. The maximum Gasteiger partial charge on any atom is 0.357 e. The standard InChI is InChI=1S/C20H13F2N3O3/c1-27-16-6-5-11(7-15(16)22)17-18(24-10-25-19(17)20(26)28-2)12-3-4-13(9-23)14(21)8-12/h3-8,10H,1-2H3. The predicted molar refractivity (Wildman–Crippen MR) is 95.4 cm³/mol. The van der Waals surface area contributed by atoms with Gasteiger partial charge in [-0.2, -0.15) is 5.26 Å². The highest BCUT2D eigenvalue weighted by atomic mass is 19.1. The summed E-state index contributed by atoms with van der Waals surface area (Å²) in [6, 6.07) is 9.70. The Morgan fingerprint density at radius 3 is 2.36 bits per heavy atom. The number of halogens is 2. The Morgan fingerprint density at radius 2 is 1.75 bits per heavy atom. The average molecular weight is 381 g/mol. The molecule has 1 aromatic heterocycles. The summed E-state index contributed by atoms with van der Waals surface area (Å²) >= 11 is 0. The number of aromatic nitrogens is 2. The van der Waals surface area contributed by atoms with Gasteiger partial charge in [-0.25, -0.2) is 23.5 Å². The van der Waals surface area contributed by atoms with Gasteiger partial charge in [0.1, 0.15) is 18.2 Å². The van der Waals surface area contributed by atoms with Crippen LogP contribution in [0, 0.1) is 23.0 Å². The Hall–Kier alpha value is -3.86. The van der Waals surface area contributed by atoms with Crippen LogP contribution in [0.3, 0.4) is 0 Å². The van der Waals surface area contributed by atoms with E-state index in [0.717, 1.165) is 18.5 Å². The van der Waals surface area contributed by atoms with E-state index in [0.29, 0.717) is 0 Å². The largest absolute Gasteiger partial charge is 0.494 e. The lowest BCUT2D eigenvalue weighted by molar-refractivity contribution is 0.0595. The fourth-order valence-electron chi connectivity index (χ4n) is 2.70. The van der Waals surface area contributed by atoms with Crippen LogP contribution in [0.4, 0.5) is 8.78 Å². The first-order valence-corrected chi connectivity index (χ1v) is 7.97. The number of methoxy groups -OCH3 is 2. The fraction of sp³-hybridized carbons (Fsp3) is 0.100. The second-order valence-corrected chi connectivity index (χ2v) is 5.59. The first-order valence-electron chi connectivity index (χ1n) is 7.97. The van der Waals surface area contributed by atoms with Gasteiger partial charge < -0.3 is 9.47 Å². The number of ether oxygens (including phenoxy) is 2. The topological polar surface area (TPSA) is 85.1 Å². The third-order valence-corrected chi connectivity index (χ3v) is 4.03. The molecule has 0 aliphatic carbocycles. The molecule has 28 heavy (non-hydrogen) atoms. The van der Waals surface area contributed by atoms with Crippen molar-refractivity contribution in [3.05, 3.63) is 65.6 Å². The van der Waals surface area contributed by atoms with E-state index in [1.165, 1.54) is 38.5 Å². The fourth-order valence-corrected chi connectivity index (χ4v) is 2.70. The molecule has 0 atom stereocenters. The number of rotatable bonds is 4.